The van der Waals surface area contributed by atoms with Crippen LogP contribution >= 0.6 is 11.6 Å². The lowest BCUT2D eigenvalue weighted by molar-refractivity contribution is 0.102. The van der Waals surface area contributed by atoms with Crippen molar-refractivity contribution in [3.05, 3.63) is 158 Å². The Morgan fingerprint density at radius 1 is 0.750 bits per heavy atom. The first-order valence-electron chi connectivity index (χ1n) is 17.2. The highest BCUT2D eigenvalue weighted by atomic mass is 35.5. The molecule has 0 fully saturated rings. The van der Waals surface area contributed by atoms with Crippen molar-refractivity contribution in [2.24, 2.45) is 0 Å². The van der Waals surface area contributed by atoms with E-state index in [1.165, 1.54) is 0 Å². The third-order valence-corrected chi connectivity index (χ3v) is 9.81. The number of aryl methyl sites for hydroxylation is 2. The average Bonchev–Trinajstić information content (AvgIpc) is 3.11. The summed E-state index contributed by atoms with van der Waals surface area (Å²) in [6, 6.07) is 35.8. The number of nitrogens with two attached hydrogens (primary N) is 1. The molecule has 0 saturated heterocycles. The van der Waals surface area contributed by atoms with Crippen LogP contribution in [-0.4, -0.2) is 11.0 Å². The van der Waals surface area contributed by atoms with E-state index in [0.717, 1.165) is 71.9 Å². The molecule has 48 heavy (non-hydrogen) atoms. The Kier molecular flexibility index (Phi) is 11.3. The molecular formula is C43H47ClN2O2. The van der Waals surface area contributed by atoms with E-state index in [0.29, 0.717) is 33.9 Å². The Morgan fingerprint density at radius 3 is 1.75 bits per heavy atom. The van der Waals surface area contributed by atoms with Crippen LogP contribution in [0.3, 0.4) is 0 Å². The minimum Gasteiger partial charge on any atom is -0.507 e. The van der Waals surface area contributed by atoms with Gasteiger partial charge in [-0.2, -0.15) is 0 Å². The van der Waals surface area contributed by atoms with Gasteiger partial charge >= 0.3 is 0 Å². The van der Waals surface area contributed by atoms with E-state index in [4.69, 9.17) is 17.3 Å². The molecule has 0 heterocycles. The predicted octanol–water partition coefficient (Wildman–Crippen LogP) is 10.8. The first kappa shape index (κ1) is 34.8. The molecule has 0 aliphatic rings. The number of carbonyl (C=O) groups is 1. The number of phenolic OH excluding ortho intramolecular Hbond substituents is 1. The Bertz CT molecular complexity index is 1760. The minimum absolute atomic E-state index is 0.0168. The number of halogens is 1. The summed E-state index contributed by atoms with van der Waals surface area (Å²) >= 11 is 6.61. The van der Waals surface area contributed by atoms with Gasteiger partial charge in [0.2, 0.25) is 0 Å². The van der Waals surface area contributed by atoms with Gasteiger partial charge in [0.25, 0.3) is 5.91 Å². The third-order valence-electron chi connectivity index (χ3n) is 9.42. The van der Waals surface area contributed by atoms with Crippen LogP contribution in [0, 0.1) is 6.92 Å². The fraction of sp³-hybridized carbons (Fsp3) is 0.279. The zero-order chi connectivity index (χ0) is 34.3. The number of carbonyl (C=O) groups excluding carboxylic acids is 1. The number of rotatable bonds is 13. The number of benzene rings is 5. The molecule has 1 amide bonds. The topological polar surface area (TPSA) is 75.4 Å². The number of amides is 1. The number of unbranched alkanes of at least 4 members (excludes halogenated alkanes) is 1. The summed E-state index contributed by atoms with van der Waals surface area (Å²) in [5.41, 5.74) is 15.8. The number of aromatic hydroxyl groups is 1. The van der Waals surface area contributed by atoms with Gasteiger partial charge in [-0.3, -0.25) is 4.79 Å². The summed E-state index contributed by atoms with van der Waals surface area (Å²) < 4.78 is 0. The average molecular weight is 659 g/mol. The normalized spacial score (nSPS) is 11.4. The molecule has 4 N–H and O–H groups in total. The summed E-state index contributed by atoms with van der Waals surface area (Å²) in [7, 11) is 0. The van der Waals surface area contributed by atoms with Gasteiger partial charge in [0.05, 0.1) is 22.4 Å². The van der Waals surface area contributed by atoms with Gasteiger partial charge in [-0.1, -0.05) is 143 Å². The molecule has 0 aromatic heterocycles. The molecular weight excluding hydrogens is 612 g/mol. The molecule has 0 aliphatic carbocycles. The van der Waals surface area contributed by atoms with Crippen molar-refractivity contribution >= 4 is 28.9 Å². The smallest absolute Gasteiger partial charge is 0.259 e. The van der Waals surface area contributed by atoms with E-state index in [1.807, 2.05) is 0 Å². The first-order chi connectivity index (χ1) is 23.3. The van der Waals surface area contributed by atoms with Gasteiger partial charge in [-0.25, -0.2) is 0 Å². The van der Waals surface area contributed by atoms with Crippen LogP contribution in [-0.2, 0) is 24.7 Å². The van der Waals surface area contributed by atoms with Crippen molar-refractivity contribution in [2.75, 3.05) is 11.1 Å². The molecule has 5 aromatic carbocycles. The summed E-state index contributed by atoms with van der Waals surface area (Å²) in [5, 5.41) is 14.9. The second-order valence-corrected chi connectivity index (χ2v) is 13.0. The number of phenols is 1. The molecule has 0 unspecified atom stereocenters. The number of hydrogen-bond donors (Lipinski definition) is 3. The number of nitrogen functional groups attached to an aromatic ring is 1. The Hall–Kier alpha value is -4.54. The standard InChI is InChI=1S/C43H47ClN2O2/c1-5-8-20-31-27-36(44)29(4)38(41(31)47)42(48)46-37-28-30(18-6-2)39(35(19-7-3)40(37)45)43(32-21-12-9-13-22-32,33-23-14-10-15-24-33)34-25-16-11-17-26-34/h9-17,21-28,47H,5-8,18-20,45H2,1-4H3,(H,46,48). The molecule has 4 nitrogen and oxygen atoms in total. The third kappa shape index (κ3) is 6.59. The summed E-state index contributed by atoms with van der Waals surface area (Å²) in [4.78, 5) is 14.1. The summed E-state index contributed by atoms with van der Waals surface area (Å²) in [6.45, 7) is 8.20. The summed E-state index contributed by atoms with van der Waals surface area (Å²) in [6.07, 6.45) is 5.76. The minimum atomic E-state index is -0.675. The van der Waals surface area contributed by atoms with Crippen molar-refractivity contribution < 1.29 is 9.90 Å². The van der Waals surface area contributed by atoms with Gasteiger partial charge < -0.3 is 16.2 Å². The van der Waals surface area contributed by atoms with Crippen molar-refractivity contribution in [1.82, 2.24) is 0 Å². The maximum atomic E-state index is 14.1. The molecule has 248 valence electrons. The molecule has 0 radical (unpaired) electrons. The van der Waals surface area contributed by atoms with Gasteiger partial charge in [0.15, 0.2) is 0 Å². The molecule has 0 bridgehead atoms. The van der Waals surface area contributed by atoms with E-state index < -0.39 is 11.3 Å². The fourth-order valence-electron chi connectivity index (χ4n) is 7.17. The monoisotopic (exact) mass is 658 g/mol. The van der Waals surface area contributed by atoms with Crippen LogP contribution in [0.15, 0.2) is 103 Å². The van der Waals surface area contributed by atoms with Crippen LogP contribution in [0.25, 0.3) is 0 Å². The largest absolute Gasteiger partial charge is 0.507 e. The van der Waals surface area contributed by atoms with Crippen molar-refractivity contribution in [1.29, 1.82) is 0 Å². The zero-order valence-corrected chi connectivity index (χ0v) is 29.3. The van der Waals surface area contributed by atoms with E-state index in [9.17, 15) is 9.90 Å². The van der Waals surface area contributed by atoms with Gasteiger partial charge in [-0.05, 0) is 89.2 Å². The van der Waals surface area contributed by atoms with Crippen molar-refractivity contribution in [3.8, 4) is 5.75 Å². The van der Waals surface area contributed by atoms with Gasteiger partial charge in [0, 0.05) is 5.02 Å². The predicted molar refractivity (Wildman–Crippen MR) is 202 cm³/mol. The van der Waals surface area contributed by atoms with Crippen LogP contribution < -0.4 is 11.1 Å². The van der Waals surface area contributed by atoms with E-state index in [1.54, 1.807) is 13.0 Å². The Labute approximate surface area is 291 Å². The highest BCUT2D eigenvalue weighted by Crippen LogP contribution is 2.50. The Morgan fingerprint density at radius 2 is 1.27 bits per heavy atom. The number of nitrogens with one attached hydrogen (secondary N) is 1. The second-order valence-electron chi connectivity index (χ2n) is 12.6. The fourth-order valence-corrected chi connectivity index (χ4v) is 7.39. The van der Waals surface area contributed by atoms with Gasteiger partial charge in [-0.15, -0.1) is 0 Å². The van der Waals surface area contributed by atoms with E-state index in [2.05, 4.69) is 123 Å². The lowest BCUT2D eigenvalue weighted by atomic mass is 9.62. The molecule has 0 aliphatic heterocycles. The maximum Gasteiger partial charge on any atom is 0.259 e. The zero-order valence-electron chi connectivity index (χ0n) is 28.6. The maximum absolute atomic E-state index is 14.1. The first-order valence-corrected chi connectivity index (χ1v) is 17.6. The molecule has 5 heteroatoms. The molecule has 0 spiro atoms. The van der Waals surface area contributed by atoms with E-state index >= 15 is 0 Å². The highest BCUT2D eigenvalue weighted by molar-refractivity contribution is 6.32. The molecule has 5 aromatic rings. The second kappa shape index (κ2) is 15.6. The van der Waals surface area contributed by atoms with Crippen molar-refractivity contribution in [3.63, 3.8) is 0 Å². The number of anilines is 2. The van der Waals surface area contributed by atoms with Crippen molar-refractivity contribution in [2.45, 2.75) is 78.1 Å². The lowest BCUT2D eigenvalue weighted by Crippen LogP contribution is -2.34. The van der Waals surface area contributed by atoms with Crippen LogP contribution in [0.1, 0.15) is 101 Å². The van der Waals surface area contributed by atoms with Gasteiger partial charge in [0.1, 0.15) is 5.75 Å². The highest BCUT2D eigenvalue weighted by Gasteiger charge is 2.42. The quantitative estimate of drug-likeness (QED) is 0.0870. The lowest BCUT2D eigenvalue weighted by Gasteiger charge is -2.40. The van der Waals surface area contributed by atoms with Crippen LogP contribution in [0.4, 0.5) is 11.4 Å². The van der Waals surface area contributed by atoms with Crippen LogP contribution in [0.5, 0.6) is 5.75 Å². The Balaban J connectivity index is 1.81. The molecule has 0 saturated carbocycles. The SMILES string of the molecule is CCCCc1cc(Cl)c(C)c(C(=O)Nc2cc(CCC)c(C(c3ccccc3)(c3ccccc3)c3ccccc3)c(CCC)c2N)c1O. The van der Waals surface area contributed by atoms with Crippen LogP contribution in [0.2, 0.25) is 5.02 Å². The molecule has 0 atom stereocenters. The number of hydrogen-bond acceptors (Lipinski definition) is 3. The summed E-state index contributed by atoms with van der Waals surface area (Å²) in [5.74, 6) is -0.438. The molecule has 5 rings (SSSR count). The van der Waals surface area contributed by atoms with E-state index in [-0.39, 0.29) is 11.3 Å².